The molecule has 0 aliphatic heterocycles. The lowest BCUT2D eigenvalue weighted by Gasteiger charge is -2.21. The van der Waals surface area contributed by atoms with Crippen molar-refractivity contribution in [3.05, 3.63) is 17.0 Å². The Bertz CT molecular complexity index is 426. The Morgan fingerprint density at radius 2 is 2.00 bits per heavy atom. The van der Waals surface area contributed by atoms with E-state index in [0.717, 1.165) is 0 Å². The maximum Gasteiger partial charge on any atom is 0.433 e. The third-order valence-electron chi connectivity index (χ3n) is 1.98. The molecule has 0 radical (unpaired) electrons. The minimum Gasteiger partial charge on any atom is -0.393 e. The Balaban J connectivity index is 2.88. The predicted molar refractivity (Wildman–Crippen MR) is 58.2 cm³/mol. The first-order chi connectivity index (χ1) is 8.14. The van der Waals surface area contributed by atoms with E-state index < -0.39 is 29.4 Å². The first-order valence-electron chi connectivity index (χ1n) is 4.83. The van der Waals surface area contributed by atoms with Gasteiger partial charge in [0.2, 0.25) is 5.28 Å². The standard InChI is InChI=1S/C9H11ClF3N3O2/c1-8(18,4-17)3-14-6-2-5(9(11,12)13)15-7(10)16-6/h2,17-18H,3-4H2,1H3,(H,14,15,16). The topological polar surface area (TPSA) is 78.3 Å². The van der Waals surface area contributed by atoms with Crippen LogP contribution in [0.4, 0.5) is 19.0 Å². The number of nitrogens with one attached hydrogen (secondary N) is 1. The van der Waals surface area contributed by atoms with Gasteiger partial charge >= 0.3 is 6.18 Å². The highest BCUT2D eigenvalue weighted by Gasteiger charge is 2.33. The molecule has 3 N–H and O–H groups in total. The van der Waals surface area contributed by atoms with Gasteiger partial charge in [0.25, 0.3) is 0 Å². The zero-order valence-corrected chi connectivity index (χ0v) is 10.0. The van der Waals surface area contributed by atoms with E-state index in [-0.39, 0.29) is 12.4 Å². The van der Waals surface area contributed by atoms with Gasteiger partial charge in [-0.2, -0.15) is 13.2 Å². The number of halogens is 4. The van der Waals surface area contributed by atoms with E-state index in [1.54, 1.807) is 0 Å². The maximum absolute atomic E-state index is 12.4. The number of hydrogen-bond acceptors (Lipinski definition) is 5. The second-order valence-electron chi connectivity index (χ2n) is 3.91. The van der Waals surface area contributed by atoms with Crippen LogP contribution in [0.5, 0.6) is 0 Å². The number of anilines is 1. The summed E-state index contributed by atoms with van der Waals surface area (Å²) in [4.78, 5) is 6.58. The van der Waals surface area contributed by atoms with E-state index in [1.807, 2.05) is 0 Å². The molecule has 0 saturated heterocycles. The molecule has 0 aliphatic rings. The summed E-state index contributed by atoms with van der Waals surface area (Å²) in [5, 5.41) is 20.1. The second kappa shape index (κ2) is 5.25. The van der Waals surface area contributed by atoms with Gasteiger partial charge in [-0.1, -0.05) is 0 Å². The first kappa shape index (κ1) is 14.9. The van der Waals surface area contributed by atoms with Gasteiger partial charge in [-0.15, -0.1) is 0 Å². The quantitative estimate of drug-likeness (QED) is 0.727. The van der Waals surface area contributed by atoms with Crippen LogP contribution in [0.1, 0.15) is 12.6 Å². The second-order valence-corrected chi connectivity index (χ2v) is 4.25. The molecule has 0 spiro atoms. The summed E-state index contributed by atoms with van der Waals surface area (Å²) in [5.74, 6) is -0.184. The van der Waals surface area contributed by atoms with Crippen molar-refractivity contribution in [2.75, 3.05) is 18.5 Å². The fraction of sp³-hybridized carbons (Fsp3) is 0.556. The Hall–Kier alpha value is -1.12. The van der Waals surface area contributed by atoms with Crippen LogP contribution in [-0.4, -0.2) is 38.9 Å². The van der Waals surface area contributed by atoms with Crippen LogP contribution in [0, 0.1) is 0 Å². The molecule has 102 valence electrons. The van der Waals surface area contributed by atoms with Crippen molar-refractivity contribution < 1.29 is 23.4 Å². The normalized spacial score (nSPS) is 15.3. The first-order valence-corrected chi connectivity index (χ1v) is 5.21. The lowest BCUT2D eigenvalue weighted by Crippen LogP contribution is -2.37. The fourth-order valence-electron chi connectivity index (χ4n) is 0.990. The number of aliphatic hydroxyl groups excluding tert-OH is 1. The van der Waals surface area contributed by atoms with E-state index in [0.29, 0.717) is 6.07 Å². The minimum atomic E-state index is -4.64. The Kier molecular flexibility index (Phi) is 4.36. The largest absolute Gasteiger partial charge is 0.433 e. The Morgan fingerprint density at radius 3 is 2.50 bits per heavy atom. The summed E-state index contributed by atoms with van der Waals surface area (Å²) in [6.07, 6.45) is -4.64. The van der Waals surface area contributed by atoms with Crippen molar-refractivity contribution in [2.24, 2.45) is 0 Å². The zero-order valence-electron chi connectivity index (χ0n) is 9.29. The molecule has 0 aromatic carbocycles. The average molecular weight is 286 g/mol. The van der Waals surface area contributed by atoms with Crippen molar-refractivity contribution in [1.82, 2.24) is 9.97 Å². The van der Waals surface area contributed by atoms with E-state index in [2.05, 4.69) is 15.3 Å². The van der Waals surface area contributed by atoms with Crippen LogP contribution < -0.4 is 5.32 Å². The van der Waals surface area contributed by atoms with Crippen molar-refractivity contribution in [3.63, 3.8) is 0 Å². The molecule has 0 bridgehead atoms. The molecule has 5 nitrogen and oxygen atoms in total. The molecule has 1 atom stereocenters. The highest BCUT2D eigenvalue weighted by molar-refractivity contribution is 6.28. The van der Waals surface area contributed by atoms with Gasteiger partial charge in [0, 0.05) is 12.6 Å². The van der Waals surface area contributed by atoms with Crippen molar-refractivity contribution >= 4 is 17.4 Å². The molecule has 0 saturated carbocycles. The van der Waals surface area contributed by atoms with E-state index in [1.165, 1.54) is 6.92 Å². The monoisotopic (exact) mass is 285 g/mol. The molecule has 1 aromatic rings. The number of hydrogen-bond donors (Lipinski definition) is 3. The third-order valence-corrected chi connectivity index (χ3v) is 2.15. The lowest BCUT2D eigenvalue weighted by molar-refractivity contribution is -0.141. The van der Waals surface area contributed by atoms with Crippen LogP contribution in [0.25, 0.3) is 0 Å². The van der Waals surface area contributed by atoms with Gasteiger partial charge in [-0.25, -0.2) is 9.97 Å². The summed E-state index contributed by atoms with van der Waals surface area (Å²) in [7, 11) is 0. The highest BCUT2D eigenvalue weighted by atomic mass is 35.5. The van der Waals surface area contributed by atoms with E-state index in [4.69, 9.17) is 16.7 Å². The number of aliphatic hydroxyl groups is 2. The number of alkyl halides is 3. The summed E-state index contributed by atoms with van der Waals surface area (Å²) in [6, 6.07) is 0.666. The van der Waals surface area contributed by atoms with Gasteiger partial charge in [-0.05, 0) is 18.5 Å². The highest BCUT2D eigenvalue weighted by Crippen LogP contribution is 2.29. The Labute approximate surface area is 106 Å². The minimum absolute atomic E-state index is 0.184. The molecule has 0 aliphatic carbocycles. The summed E-state index contributed by atoms with van der Waals surface area (Å²) in [5.41, 5.74) is -2.66. The molecule has 0 fully saturated rings. The summed E-state index contributed by atoms with van der Waals surface area (Å²) < 4.78 is 37.3. The van der Waals surface area contributed by atoms with Crippen molar-refractivity contribution in [2.45, 2.75) is 18.7 Å². The van der Waals surface area contributed by atoms with E-state index >= 15 is 0 Å². The molecule has 18 heavy (non-hydrogen) atoms. The molecular weight excluding hydrogens is 275 g/mol. The number of aromatic nitrogens is 2. The molecule has 0 amide bonds. The van der Waals surface area contributed by atoms with Gasteiger partial charge in [0.15, 0.2) is 5.69 Å². The third kappa shape index (κ3) is 4.28. The summed E-state index contributed by atoms with van der Waals surface area (Å²) in [6.45, 7) is 0.576. The van der Waals surface area contributed by atoms with Crippen LogP contribution in [0.15, 0.2) is 6.07 Å². The van der Waals surface area contributed by atoms with Gasteiger partial charge in [0.05, 0.1) is 6.61 Å². The zero-order chi connectivity index (χ0) is 14.0. The van der Waals surface area contributed by atoms with Crippen LogP contribution in [-0.2, 0) is 6.18 Å². The molecule has 1 heterocycles. The van der Waals surface area contributed by atoms with Crippen molar-refractivity contribution in [3.8, 4) is 0 Å². The maximum atomic E-state index is 12.4. The molecule has 1 unspecified atom stereocenters. The number of rotatable bonds is 4. The molecule has 1 rings (SSSR count). The van der Waals surface area contributed by atoms with Gasteiger partial charge in [-0.3, -0.25) is 0 Å². The van der Waals surface area contributed by atoms with Crippen LogP contribution in [0.3, 0.4) is 0 Å². The van der Waals surface area contributed by atoms with Crippen LogP contribution in [0.2, 0.25) is 5.28 Å². The van der Waals surface area contributed by atoms with Crippen molar-refractivity contribution in [1.29, 1.82) is 0 Å². The molecular formula is C9H11ClF3N3O2. The predicted octanol–water partition coefficient (Wildman–Crippen LogP) is 1.30. The Morgan fingerprint density at radius 1 is 1.39 bits per heavy atom. The smallest absolute Gasteiger partial charge is 0.393 e. The SMILES string of the molecule is CC(O)(CO)CNc1cc(C(F)(F)F)nc(Cl)n1. The number of nitrogens with zero attached hydrogens (tertiary/aromatic N) is 2. The summed E-state index contributed by atoms with van der Waals surface area (Å²) >= 11 is 5.37. The average Bonchev–Trinajstić information content (AvgIpc) is 2.25. The molecule has 1 aromatic heterocycles. The van der Waals surface area contributed by atoms with Crippen LogP contribution >= 0.6 is 11.6 Å². The lowest BCUT2D eigenvalue weighted by atomic mass is 10.1. The fourth-order valence-corrected chi connectivity index (χ4v) is 1.17. The van der Waals surface area contributed by atoms with E-state index in [9.17, 15) is 18.3 Å². The molecule has 9 heteroatoms. The van der Waals surface area contributed by atoms with Gasteiger partial charge < -0.3 is 15.5 Å². The van der Waals surface area contributed by atoms with Gasteiger partial charge in [0.1, 0.15) is 11.4 Å².